The van der Waals surface area contributed by atoms with E-state index in [1.165, 1.54) is 12.8 Å². The first-order valence-corrected chi connectivity index (χ1v) is 19.5. The van der Waals surface area contributed by atoms with Gasteiger partial charge >= 0.3 is 10.4 Å². The van der Waals surface area contributed by atoms with E-state index in [-0.39, 0.29) is 29.2 Å². The number of hydrogen-bond donors (Lipinski definition) is 4. The molecule has 14 heteroatoms. The van der Waals surface area contributed by atoms with Crippen LogP contribution in [0.25, 0.3) is 21.8 Å². The zero-order valence-corrected chi connectivity index (χ0v) is 32.5. The van der Waals surface area contributed by atoms with Crippen molar-refractivity contribution in [3.8, 4) is 11.5 Å². The third-order valence-corrected chi connectivity index (χ3v) is 11.6. The molecule has 0 aliphatic carbocycles. The van der Waals surface area contributed by atoms with Crippen molar-refractivity contribution in [2.45, 2.75) is 50.0 Å². The SMILES string of the molecule is C=C[C@H]1CN2CC[C@H]1C[C@H]2[C@H](O)c1ccnc2ccc(OC)cc12.C=C[C@H]1CN2CC[C@H]1C[C@H]2[C@H](O)c1ccnc2ccc(OC)cc12.O=S(=O)(O)O.[Fe]. The molecule has 0 spiro atoms. The van der Waals surface area contributed by atoms with Gasteiger partial charge in [-0.15, -0.1) is 13.2 Å². The summed E-state index contributed by atoms with van der Waals surface area (Å²) in [6.07, 6.45) is 11.2. The second-order valence-corrected chi connectivity index (χ2v) is 15.3. The van der Waals surface area contributed by atoms with Gasteiger partial charge in [0.1, 0.15) is 11.5 Å². The fraction of sp³-hybridized carbons (Fsp3) is 0.450. The Labute approximate surface area is 327 Å². The Bertz CT molecular complexity index is 1900. The maximum Gasteiger partial charge on any atom is 0.394 e. The molecule has 10 atom stereocenters. The number of aromatic nitrogens is 2. The molecule has 292 valence electrons. The van der Waals surface area contributed by atoms with Crippen LogP contribution in [0.1, 0.15) is 49.0 Å². The minimum atomic E-state index is -4.67. The van der Waals surface area contributed by atoms with Crippen LogP contribution in [0.5, 0.6) is 11.5 Å². The van der Waals surface area contributed by atoms with Crippen LogP contribution < -0.4 is 9.47 Å². The van der Waals surface area contributed by atoms with Crippen LogP contribution in [0.15, 0.2) is 86.2 Å². The van der Waals surface area contributed by atoms with Gasteiger partial charge in [-0.3, -0.25) is 28.9 Å². The van der Waals surface area contributed by atoms with Crippen molar-refractivity contribution >= 4 is 32.2 Å². The average Bonchev–Trinajstić information content (AvgIpc) is 3.19. The third-order valence-electron chi connectivity index (χ3n) is 11.6. The molecule has 8 heterocycles. The van der Waals surface area contributed by atoms with E-state index >= 15 is 0 Å². The molecule has 10 rings (SSSR count). The fourth-order valence-electron chi connectivity index (χ4n) is 8.89. The monoisotopic (exact) mass is 802 g/mol. The smallest absolute Gasteiger partial charge is 0.394 e. The number of nitrogens with zero attached hydrogens (tertiary/aromatic N) is 4. The minimum Gasteiger partial charge on any atom is -0.497 e. The van der Waals surface area contributed by atoms with E-state index in [0.717, 1.165) is 83.5 Å². The first kappa shape index (κ1) is 41.7. The topological polar surface area (TPSA) is 166 Å². The number of pyridine rings is 2. The molecule has 6 fully saturated rings. The summed E-state index contributed by atoms with van der Waals surface area (Å²) in [5, 5.41) is 24.3. The average molecular weight is 803 g/mol. The predicted octanol–water partition coefficient (Wildman–Crippen LogP) is 5.69. The summed E-state index contributed by atoms with van der Waals surface area (Å²) in [4.78, 5) is 13.7. The first-order chi connectivity index (χ1) is 25.4. The van der Waals surface area contributed by atoms with Crippen molar-refractivity contribution in [3.05, 3.63) is 97.4 Å². The molecule has 12 nitrogen and oxygen atoms in total. The van der Waals surface area contributed by atoms with Crippen molar-refractivity contribution in [1.82, 2.24) is 19.8 Å². The molecule has 6 saturated heterocycles. The van der Waals surface area contributed by atoms with Crippen molar-refractivity contribution in [2.24, 2.45) is 23.7 Å². The van der Waals surface area contributed by atoms with E-state index in [0.29, 0.717) is 23.7 Å². The van der Waals surface area contributed by atoms with Gasteiger partial charge in [0.2, 0.25) is 0 Å². The normalized spacial score (nSPS) is 28.0. The van der Waals surface area contributed by atoms with E-state index in [4.69, 9.17) is 27.0 Å². The standard InChI is InChI=1S/2C20H24N2O2.Fe.H2O4S/c2*1-3-13-12-22-9-7-14(13)10-19(22)20(23)16-6-8-21-18-5-4-15(24-2)11-17(16)18;;1-5(2,3)4/h2*3-6,8,11,13-14,19-20,23H,1,7,9-10,12H2,2H3;;(H2,1,2,3,4)/t2*13-,14-,19-,20+;;/m00../s1. The van der Waals surface area contributed by atoms with Gasteiger partial charge in [0.05, 0.1) is 37.5 Å². The summed E-state index contributed by atoms with van der Waals surface area (Å²) >= 11 is 0. The molecule has 4 aromatic rings. The summed E-state index contributed by atoms with van der Waals surface area (Å²) in [5.41, 5.74) is 3.69. The number of piperidine rings is 6. The number of benzene rings is 2. The second-order valence-electron chi connectivity index (χ2n) is 14.4. The molecule has 2 unspecified atom stereocenters. The zero-order valence-electron chi connectivity index (χ0n) is 30.6. The number of ether oxygens (including phenoxy) is 2. The van der Waals surface area contributed by atoms with E-state index in [9.17, 15) is 10.2 Å². The van der Waals surface area contributed by atoms with Crippen LogP contribution in [-0.4, -0.2) is 100.0 Å². The number of aliphatic hydroxyl groups excluding tert-OH is 2. The van der Waals surface area contributed by atoms with Gasteiger partial charge in [-0.1, -0.05) is 12.2 Å². The van der Waals surface area contributed by atoms with Gasteiger partial charge in [0.15, 0.2) is 0 Å². The Kier molecular flexibility index (Phi) is 13.9. The van der Waals surface area contributed by atoms with Crippen LogP contribution in [0.4, 0.5) is 0 Å². The van der Waals surface area contributed by atoms with Crippen molar-refractivity contribution in [3.63, 3.8) is 0 Å². The van der Waals surface area contributed by atoms with Gasteiger partial charge in [-0.2, -0.15) is 8.42 Å². The molecule has 2 aromatic carbocycles. The molecule has 0 saturated carbocycles. The Hall–Kier alpha value is -3.43. The van der Waals surface area contributed by atoms with E-state index < -0.39 is 22.6 Å². The molecular weight excluding hydrogens is 752 g/mol. The number of methoxy groups -OCH3 is 2. The number of fused-ring (bicyclic) bond motifs is 8. The molecule has 4 bridgehead atoms. The van der Waals surface area contributed by atoms with Gasteiger partial charge in [0.25, 0.3) is 0 Å². The predicted molar refractivity (Wildman–Crippen MR) is 204 cm³/mol. The summed E-state index contributed by atoms with van der Waals surface area (Å²) in [6, 6.07) is 15.9. The quantitative estimate of drug-likeness (QED) is 0.0979. The maximum atomic E-state index is 11.2. The van der Waals surface area contributed by atoms with Crippen LogP contribution in [0.2, 0.25) is 0 Å². The molecule has 0 amide bonds. The molecule has 54 heavy (non-hydrogen) atoms. The molecule has 6 aliphatic rings. The number of hydrogen-bond acceptors (Lipinski definition) is 10. The minimum absolute atomic E-state index is 0. The second kappa shape index (κ2) is 18.0. The Morgan fingerprint density at radius 1 is 0.741 bits per heavy atom. The summed E-state index contributed by atoms with van der Waals surface area (Å²) < 4.78 is 42.3. The molecule has 4 N–H and O–H groups in total. The van der Waals surface area contributed by atoms with E-state index in [2.05, 4.69) is 45.1 Å². The summed E-state index contributed by atoms with van der Waals surface area (Å²) in [6.45, 7) is 12.1. The first-order valence-electron chi connectivity index (χ1n) is 18.1. The van der Waals surface area contributed by atoms with E-state index in [1.54, 1.807) is 26.6 Å². The van der Waals surface area contributed by atoms with Crippen LogP contribution in [0, 0.1) is 23.7 Å². The summed E-state index contributed by atoms with van der Waals surface area (Å²) in [5.74, 6) is 4.01. The van der Waals surface area contributed by atoms with Gasteiger partial charge in [0, 0.05) is 65.4 Å². The Morgan fingerprint density at radius 2 is 1.13 bits per heavy atom. The summed E-state index contributed by atoms with van der Waals surface area (Å²) in [7, 11) is -1.34. The molecule has 2 aromatic heterocycles. The molecular formula is C40H50FeN4O8S. The Balaban J connectivity index is 0.000000182. The number of aliphatic hydroxyl groups is 2. The van der Waals surface area contributed by atoms with Gasteiger partial charge < -0.3 is 19.7 Å². The fourth-order valence-corrected chi connectivity index (χ4v) is 8.89. The van der Waals surface area contributed by atoms with Gasteiger partial charge in [-0.05, 0) is 122 Å². The molecule has 6 aliphatic heterocycles. The van der Waals surface area contributed by atoms with Crippen molar-refractivity contribution < 1.29 is 54.3 Å². The van der Waals surface area contributed by atoms with Crippen molar-refractivity contribution in [1.29, 1.82) is 0 Å². The number of rotatable bonds is 8. The van der Waals surface area contributed by atoms with Crippen molar-refractivity contribution in [2.75, 3.05) is 40.4 Å². The largest absolute Gasteiger partial charge is 0.497 e. The van der Waals surface area contributed by atoms with Crippen LogP contribution in [-0.2, 0) is 27.5 Å². The maximum absolute atomic E-state index is 11.2. The van der Waals surface area contributed by atoms with Crippen LogP contribution >= 0.6 is 0 Å². The van der Waals surface area contributed by atoms with Gasteiger partial charge in [-0.25, -0.2) is 0 Å². The van der Waals surface area contributed by atoms with E-state index in [1.807, 2.05) is 48.5 Å². The zero-order chi connectivity index (χ0) is 37.9. The molecule has 0 radical (unpaired) electrons. The Morgan fingerprint density at radius 3 is 1.44 bits per heavy atom. The third kappa shape index (κ3) is 9.32. The van der Waals surface area contributed by atoms with Crippen LogP contribution in [0.3, 0.4) is 0 Å².